The number of aromatic nitrogens is 1. The van der Waals surface area contributed by atoms with Gasteiger partial charge in [0.1, 0.15) is 5.82 Å². The minimum absolute atomic E-state index is 0.447. The van der Waals surface area contributed by atoms with E-state index in [0.29, 0.717) is 11.2 Å². The topological polar surface area (TPSA) is 19.4 Å². The number of anilines is 1. The van der Waals surface area contributed by atoms with Crippen molar-refractivity contribution in [1.29, 1.82) is 0 Å². The maximum Gasteiger partial charge on any atom is 0.417 e. The monoisotopic (exact) mass is 353 g/mol. The molecule has 0 amide bonds. The molecule has 3 fully saturated rings. The largest absolute Gasteiger partial charge is 0.417 e. The van der Waals surface area contributed by atoms with Crippen molar-refractivity contribution in [1.82, 2.24) is 9.88 Å². The van der Waals surface area contributed by atoms with Crippen LogP contribution < -0.4 is 4.90 Å². The molecule has 25 heavy (non-hydrogen) atoms. The average Bonchev–Trinajstić information content (AvgIpc) is 2.56. The van der Waals surface area contributed by atoms with Crippen molar-refractivity contribution in [2.24, 2.45) is 5.41 Å². The van der Waals surface area contributed by atoms with E-state index in [4.69, 9.17) is 0 Å². The highest BCUT2D eigenvalue weighted by atomic mass is 19.4. The van der Waals surface area contributed by atoms with Crippen LogP contribution in [0.4, 0.5) is 19.0 Å². The van der Waals surface area contributed by atoms with E-state index in [-0.39, 0.29) is 0 Å². The molecule has 0 bridgehead atoms. The highest BCUT2D eigenvalue weighted by Crippen LogP contribution is 2.43. The van der Waals surface area contributed by atoms with Gasteiger partial charge in [-0.05, 0) is 69.2 Å². The van der Waals surface area contributed by atoms with Crippen molar-refractivity contribution < 1.29 is 13.2 Å². The third-order valence-electron chi connectivity index (χ3n) is 6.67. The van der Waals surface area contributed by atoms with Crippen LogP contribution in [-0.2, 0) is 6.18 Å². The summed E-state index contributed by atoms with van der Waals surface area (Å²) in [4.78, 5) is 8.88. The highest BCUT2D eigenvalue weighted by molar-refractivity contribution is 5.40. The summed E-state index contributed by atoms with van der Waals surface area (Å²) in [7, 11) is 0. The van der Waals surface area contributed by atoms with Gasteiger partial charge in [-0.25, -0.2) is 4.98 Å². The molecule has 4 rings (SSSR count). The number of hydrogen-bond donors (Lipinski definition) is 0. The van der Waals surface area contributed by atoms with Gasteiger partial charge >= 0.3 is 6.18 Å². The smallest absolute Gasteiger partial charge is 0.357 e. The zero-order valence-electron chi connectivity index (χ0n) is 14.6. The van der Waals surface area contributed by atoms with Crippen LogP contribution in [0.5, 0.6) is 0 Å². The number of piperidine rings is 2. The molecular weight excluding hydrogens is 327 g/mol. The zero-order chi connectivity index (χ0) is 17.5. The van der Waals surface area contributed by atoms with Gasteiger partial charge in [-0.2, -0.15) is 13.2 Å². The van der Waals surface area contributed by atoms with Gasteiger partial charge in [0.25, 0.3) is 0 Å². The second-order valence-corrected chi connectivity index (χ2v) is 8.01. The van der Waals surface area contributed by atoms with Gasteiger partial charge in [0.05, 0.1) is 5.56 Å². The van der Waals surface area contributed by atoms with Gasteiger partial charge in [0.15, 0.2) is 0 Å². The van der Waals surface area contributed by atoms with Crippen molar-refractivity contribution in [3.8, 4) is 0 Å². The Bertz CT molecular complexity index is 577. The fraction of sp³-hybridized carbons (Fsp3) is 0.737. The van der Waals surface area contributed by atoms with E-state index in [1.807, 2.05) is 0 Å². The van der Waals surface area contributed by atoms with E-state index >= 15 is 0 Å². The molecule has 0 atom stereocenters. The Balaban J connectivity index is 1.32. The first-order valence-corrected chi connectivity index (χ1v) is 9.48. The minimum atomic E-state index is -4.31. The van der Waals surface area contributed by atoms with Crippen molar-refractivity contribution in [2.75, 3.05) is 31.1 Å². The summed E-state index contributed by atoms with van der Waals surface area (Å²) in [5, 5.41) is 0. The molecule has 0 radical (unpaired) electrons. The van der Waals surface area contributed by atoms with Gasteiger partial charge in [0.2, 0.25) is 0 Å². The lowest BCUT2D eigenvalue weighted by Gasteiger charge is -2.50. The third kappa shape index (κ3) is 3.50. The normalized spacial score (nSPS) is 25.2. The van der Waals surface area contributed by atoms with Crippen LogP contribution in [0.1, 0.15) is 50.5 Å². The highest BCUT2D eigenvalue weighted by Gasteiger charge is 2.40. The predicted molar refractivity (Wildman–Crippen MR) is 91.6 cm³/mol. The number of hydrogen-bond acceptors (Lipinski definition) is 3. The summed E-state index contributed by atoms with van der Waals surface area (Å²) in [5.74, 6) is 0.676. The van der Waals surface area contributed by atoms with E-state index in [1.165, 1.54) is 51.3 Å². The molecule has 1 aromatic rings. The molecule has 0 aromatic carbocycles. The van der Waals surface area contributed by atoms with Gasteiger partial charge < -0.3 is 9.80 Å². The average molecular weight is 353 g/mol. The predicted octanol–water partition coefficient (Wildman–Crippen LogP) is 4.34. The number of alkyl halides is 3. The maximum atomic E-state index is 12.7. The fourth-order valence-electron chi connectivity index (χ4n) is 4.57. The Kier molecular flexibility index (Phi) is 4.42. The molecule has 2 aliphatic heterocycles. The molecule has 1 aromatic heterocycles. The molecule has 6 heteroatoms. The van der Waals surface area contributed by atoms with E-state index in [0.717, 1.165) is 44.2 Å². The van der Waals surface area contributed by atoms with Crippen LogP contribution in [0.3, 0.4) is 0 Å². The van der Waals surface area contributed by atoms with Crippen molar-refractivity contribution in [3.63, 3.8) is 0 Å². The first-order chi connectivity index (χ1) is 12.0. The summed E-state index contributed by atoms with van der Waals surface area (Å²) in [6.07, 6.45) is 5.60. The Hall–Kier alpha value is -1.30. The number of rotatable bonds is 2. The minimum Gasteiger partial charge on any atom is -0.357 e. The quantitative estimate of drug-likeness (QED) is 0.789. The van der Waals surface area contributed by atoms with E-state index in [2.05, 4.69) is 14.8 Å². The second-order valence-electron chi connectivity index (χ2n) is 8.01. The molecule has 138 valence electrons. The molecule has 1 saturated carbocycles. The lowest BCUT2D eigenvalue weighted by atomic mass is 9.70. The van der Waals surface area contributed by atoms with Crippen LogP contribution in [-0.4, -0.2) is 42.1 Å². The zero-order valence-corrected chi connectivity index (χ0v) is 14.6. The number of pyridine rings is 1. The Morgan fingerprint density at radius 3 is 2.08 bits per heavy atom. The molecule has 1 spiro atoms. The summed E-state index contributed by atoms with van der Waals surface area (Å²) >= 11 is 0. The number of likely N-dealkylation sites (tertiary alicyclic amines) is 1. The summed E-state index contributed by atoms with van der Waals surface area (Å²) < 4.78 is 38.0. The standard InChI is InChI=1S/C19H26F3N3/c20-19(21,22)15-4-5-17(23-14-15)25-12-8-18(9-13-25)6-10-24(11-7-18)16-2-1-3-16/h4-5,14,16H,1-3,6-13H2. The van der Waals surface area contributed by atoms with Crippen LogP contribution >= 0.6 is 0 Å². The van der Waals surface area contributed by atoms with Gasteiger partial charge in [-0.15, -0.1) is 0 Å². The Morgan fingerprint density at radius 1 is 0.960 bits per heavy atom. The lowest BCUT2D eigenvalue weighted by Crippen LogP contribution is -2.51. The first-order valence-electron chi connectivity index (χ1n) is 9.48. The Morgan fingerprint density at radius 2 is 1.60 bits per heavy atom. The molecule has 1 aliphatic carbocycles. The molecule has 2 saturated heterocycles. The summed E-state index contributed by atoms with van der Waals surface area (Å²) in [6.45, 7) is 4.26. The molecular formula is C19H26F3N3. The number of halogens is 3. The van der Waals surface area contributed by atoms with Gasteiger partial charge in [-0.1, -0.05) is 6.42 Å². The summed E-state index contributed by atoms with van der Waals surface area (Å²) in [6, 6.07) is 3.50. The van der Waals surface area contributed by atoms with Crippen LogP contribution in [0.15, 0.2) is 18.3 Å². The molecule has 3 nitrogen and oxygen atoms in total. The Labute approximate surface area is 147 Å². The molecule has 3 heterocycles. The summed E-state index contributed by atoms with van der Waals surface area (Å²) in [5.41, 5.74) is -0.226. The van der Waals surface area contributed by atoms with E-state index in [1.54, 1.807) is 0 Å². The third-order valence-corrected chi connectivity index (χ3v) is 6.67. The van der Waals surface area contributed by atoms with Gasteiger partial charge in [-0.3, -0.25) is 0 Å². The molecule has 0 unspecified atom stereocenters. The van der Waals surface area contributed by atoms with Crippen molar-refractivity contribution >= 4 is 5.82 Å². The fourth-order valence-corrected chi connectivity index (χ4v) is 4.57. The molecule has 0 N–H and O–H groups in total. The van der Waals surface area contributed by atoms with Crippen LogP contribution in [0, 0.1) is 5.41 Å². The van der Waals surface area contributed by atoms with E-state index in [9.17, 15) is 13.2 Å². The van der Waals surface area contributed by atoms with Crippen molar-refractivity contribution in [3.05, 3.63) is 23.9 Å². The van der Waals surface area contributed by atoms with Crippen LogP contribution in [0.25, 0.3) is 0 Å². The van der Waals surface area contributed by atoms with Crippen molar-refractivity contribution in [2.45, 2.75) is 57.2 Å². The maximum absolute atomic E-state index is 12.7. The lowest BCUT2D eigenvalue weighted by molar-refractivity contribution is -0.137. The molecule has 3 aliphatic rings. The van der Waals surface area contributed by atoms with Crippen LogP contribution in [0.2, 0.25) is 0 Å². The second kappa shape index (κ2) is 6.45. The first kappa shape index (κ1) is 17.1. The SMILES string of the molecule is FC(F)(F)c1ccc(N2CCC3(CC2)CCN(C2CCC2)CC3)nc1. The number of nitrogens with zero attached hydrogens (tertiary/aromatic N) is 3. The van der Waals surface area contributed by atoms with E-state index < -0.39 is 11.7 Å². The van der Waals surface area contributed by atoms with Gasteiger partial charge in [0, 0.05) is 25.3 Å².